The molecule has 3 rings (SSSR count). The Morgan fingerprint density at radius 2 is 1.86 bits per heavy atom. The van der Waals surface area contributed by atoms with E-state index in [0.717, 1.165) is 36.1 Å². The molecule has 1 aromatic carbocycles. The van der Waals surface area contributed by atoms with Crippen LogP contribution in [0.2, 0.25) is 0 Å². The molecular formula is C21H23NO5S. The third-order valence-corrected chi connectivity index (χ3v) is 5.72. The molecule has 2 aromatic rings. The molecule has 1 aliphatic carbocycles. The predicted octanol–water partition coefficient (Wildman–Crippen LogP) is 4.05. The highest BCUT2D eigenvalue weighted by Gasteiger charge is 2.30. The summed E-state index contributed by atoms with van der Waals surface area (Å²) >= 11 is 1.40. The van der Waals surface area contributed by atoms with Crippen molar-refractivity contribution in [2.75, 3.05) is 11.9 Å². The van der Waals surface area contributed by atoms with E-state index in [4.69, 9.17) is 9.47 Å². The van der Waals surface area contributed by atoms with Crippen molar-refractivity contribution < 1.29 is 23.9 Å². The van der Waals surface area contributed by atoms with Gasteiger partial charge < -0.3 is 14.8 Å². The molecule has 6 nitrogen and oxygen atoms in total. The van der Waals surface area contributed by atoms with Crippen molar-refractivity contribution in [3.8, 4) is 0 Å². The molecule has 0 bridgehead atoms. The second kappa shape index (κ2) is 9.01. The minimum absolute atomic E-state index is 0.261. The number of rotatable bonds is 6. The first kappa shape index (κ1) is 20.1. The van der Waals surface area contributed by atoms with E-state index < -0.39 is 23.9 Å². The zero-order valence-electron chi connectivity index (χ0n) is 15.9. The van der Waals surface area contributed by atoms with Gasteiger partial charge in [-0.15, -0.1) is 11.3 Å². The van der Waals surface area contributed by atoms with Gasteiger partial charge in [0.25, 0.3) is 5.91 Å². The molecule has 0 spiro atoms. The van der Waals surface area contributed by atoms with Crippen LogP contribution in [0.25, 0.3) is 0 Å². The summed E-state index contributed by atoms with van der Waals surface area (Å²) in [6.07, 6.45) is 2.65. The van der Waals surface area contributed by atoms with Crippen molar-refractivity contribution in [3.05, 3.63) is 51.9 Å². The van der Waals surface area contributed by atoms with Crippen LogP contribution in [-0.4, -0.2) is 24.5 Å². The molecule has 0 radical (unpaired) electrons. The van der Waals surface area contributed by atoms with Gasteiger partial charge in [-0.05, 0) is 38.2 Å². The molecule has 1 atom stereocenters. The van der Waals surface area contributed by atoms with E-state index >= 15 is 0 Å². The maximum atomic E-state index is 13.0. The van der Waals surface area contributed by atoms with E-state index in [9.17, 15) is 14.4 Å². The van der Waals surface area contributed by atoms with Crippen molar-refractivity contribution in [2.45, 2.75) is 45.6 Å². The molecule has 148 valence electrons. The summed E-state index contributed by atoms with van der Waals surface area (Å²) < 4.78 is 10.5. The second-order valence-corrected chi connectivity index (χ2v) is 7.63. The second-order valence-electron chi connectivity index (χ2n) is 6.52. The van der Waals surface area contributed by atoms with Gasteiger partial charge in [0.2, 0.25) is 6.10 Å². The molecular weight excluding hydrogens is 378 g/mol. The maximum Gasteiger partial charge on any atom is 0.341 e. The number of amides is 1. The van der Waals surface area contributed by atoms with Crippen LogP contribution in [0.3, 0.4) is 0 Å². The molecule has 1 amide bonds. The SMILES string of the molecule is CCOC(=O)c1c(NC(=O)[C@@H](OC(C)=O)c2ccccc2)sc2c1CCCC2. The molecule has 28 heavy (non-hydrogen) atoms. The van der Waals surface area contributed by atoms with Crippen LogP contribution in [0.1, 0.15) is 59.2 Å². The van der Waals surface area contributed by atoms with Crippen LogP contribution >= 0.6 is 11.3 Å². The fourth-order valence-corrected chi connectivity index (χ4v) is 4.60. The molecule has 1 N–H and O–H groups in total. The number of anilines is 1. The number of nitrogens with one attached hydrogen (secondary N) is 1. The number of esters is 2. The number of fused-ring (bicyclic) bond motifs is 1. The predicted molar refractivity (Wildman–Crippen MR) is 106 cm³/mol. The Morgan fingerprint density at radius 1 is 1.14 bits per heavy atom. The molecule has 0 aliphatic heterocycles. The van der Waals surface area contributed by atoms with Gasteiger partial charge in [0.1, 0.15) is 5.00 Å². The Labute approximate surface area is 167 Å². The summed E-state index contributed by atoms with van der Waals surface area (Å²) in [4.78, 5) is 38.1. The van der Waals surface area contributed by atoms with Gasteiger partial charge in [0.15, 0.2) is 0 Å². The monoisotopic (exact) mass is 401 g/mol. The van der Waals surface area contributed by atoms with Gasteiger partial charge in [-0.1, -0.05) is 30.3 Å². The van der Waals surface area contributed by atoms with E-state index in [-0.39, 0.29) is 6.61 Å². The smallest absolute Gasteiger partial charge is 0.341 e. The van der Waals surface area contributed by atoms with Gasteiger partial charge in [-0.3, -0.25) is 9.59 Å². The molecule has 1 aromatic heterocycles. The zero-order chi connectivity index (χ0) is 20.1. The third kappa shape index (κ3) is 4.42. The lowest BCUT2D eigenvalue weighted by molar-refractivity contribution is -0.152. The number of hydrogen-bond donors (Lipinski definition) is 1. The quantitative estimate of drug-likeness (QED) is 0.739. The number of aryl methyl sites for hydroxylation is 1. The average molecular weight is 401 g/mol. The van der Waals surface area contributed by atoms with Crippen LogP contribution in [0.15, 0.2) is 30.3 Å². The molecule has 0 fully saturated rings. The lowest BCUT2D eigenvalue weighted by Gasteiger charge is -2.17. The Hall–Kier alpha value is -2.67. The number of benzene rings is 1. The average Bonchev–Trinajstić information content (AvgIpc) is 3.04. The number of carbonyl (C=O) groups is 3. The van der Waals surface area contributed by atoms with E-state index in [1.807, 2.05) is 6.07 Å². The van der Waals surface area contributed by atoms with Crippen molar-refractivity contribution >= 4 is 34.2 Å². The Kier molecular flexibility index (Phi) is 6.46. The van der Waals surface area contributed by atoms with E-state index in [0.29, 0.717) is 16.1 Å². The summed E-state index contributed by atoms with van der Waals surface area (Å²) in [5.41, 5.74) is 1.97. The summed E-state index contributed by atoms with van der Waals surface area (Å²) in [5.74, 6) is -1.48. The summed E-state index contributed by atoms with van der Waals surface area (Å²) in [7, 11) is 0. The van der Waals surface area contributed by atoms with Crippen LogP contribution in [0, 0.1) is 0 Å². The minimum Gasteiger partial charge on any atom is -0.462 e. The normalized spacial score (nSPS) is 13.9. The first-order valence-electron chi connectivity index (χ1n) is 9.36. The zero-order valence-corrected chi connectivity index (χ0v) is 16.8. The molecule has 0 unspecified atom stereocenters. The first-order valence-corrected chi connectivity index (χ1v) is 10.2. The highest BCUT2D eigenvalue weighted by atomic mass is 32.1. The number of hydrogen-bond acceptors (Lipinski definition) is 6. The van der Waals surface area contributed by atoms with E-state index in [1.165, 1.54) is 18.3 Å². The number of carbonyl (C=O) groups excluding carboxylic acids is 3. The van der Waals surface area contributed by atoms with Gasteiger partial charge in [-0.2, -0.15) is 0 Å². The fraction of sp³-hybridized carbons (Fsp3) is 0.381. The summed E-state index contributed by atoms with van der Waals surface area (Å²) in [5, 5.41) is 3.27. The molecule has 0 saturated heterocycles. The highest BCUT2D eigenvalue weighted by molar-refractivity contribution is 7.17. The molecule has 0 saturated carbocycles. The largest absolute Gasteiger partial charge is 0.462 e. The highest BCUT2D eigenvalue weighted by Crippen LogP contribution is 2.39. The van der Waals surface area contributed by atoms with E-state index in [2.05, 4.69) is 5.32 Å². The lowest BCUT2D eigenvalue weighted by Crippen LogP contribution is -2.25. The lowest BCUT2D eigenvalue weighted by atomic mass is 9.95. The number of thiophene rings is 1. The fourth-order valence-electron chi connectivity index (χ4n) is 3.32. The molecule has 1 heterocycles. The molecule has 1 aliphatic rings. The number of ether oxygens (including phenoxy) is 2. The third-order valence-electron chi connectivity index (χ3n) is 4.51. The van der Waals surface area contributed by atoms with Crippen molar-refractivity contribution in [1.29, 1.82) is 0 Å². The van der Waals surface area contributed by atoms with Crippen LogP contribution in [0.5, 0.6) is 0 Å². The maximum absolute atomic E-state index is 13.0. The Morgan fingerprint density at radius 3 is 2.54 bits per heavy atom. The van der Waals surface area contributed by atoms with Crippen molar-refractivity contribution in [3.63, 3.8) is 0 Å². The Balaban J connectivity index is 1.92. The van der Waals surface area contributed by atoms with E-state index in [1.54, 1.807) is 31.2 Å². The van der Waals surface area contributed by atoms with Crippen LogP contribution < -0.4 is 5.32 Å². The van der Waals surface area contributed by atoms with Gasteiger partial charge in [-0.25, -0.2) is 4.79 Å². The van der Waals surface area contributed by atoms with Crippen molar-refractivity contribution in [1.82, 2.24) is 0 Å². The standard InChI is InChI=1S/C21H23NO5S/c1-3-26-21(25)17-15-11-7-8-12-16(15)28-20(17)22-19(24)18(27-13(2)23)14-9-5-4-6-10-14/h4-6,9-10,18H,3,7-8,11-12H2,1-2H3,(H,22,24)/t18-/m0/s1. The summed E-state index contributed by atoms with van der Waals surface area (Å²) in [6.45, 7) is 3.27. The van der Waals surface area contributed by atoms with Gasteiger partial charge in [0.05, 0.1) is 12.2 Å². The Bertz CT molecular complexity index is 874. The van der Waals surface area contributed by atoms with Gasteiger partial charge >= 0.3 is 11.9 Å². The van der Waals surface area contributed by atoms with Crippen LogP contribution in [0.4, 0.5) is 5.00 Å². The molecule has 7 heteroatoms. The topological polar surface area (TPSA) is 81.7 Å². The first-order chi connectivity index (χ1) is 13.5. The summed E-state index contributed by atoms with van der Waals surface area (Å²) in [6, 6.07) is 8.80. The van der Waals surface area contributed by atoms with Crippen molar-refractivity contribution in [2.24, 2.45) is 0 Å². The van der Waals surface area contributed by atoms with Gasteiger partial charge in [0, 0.05) is 17.4 Å². The minimum atomic E-state index is -1.09. The van der Waals surface area contributed by atoms with Crippen LogP contribution in [-0.2, 0) is 31.9 Å².